The van der Waals surface area contributed by atoms with Crippen LogP contribution in [0.2, 0.25) is 5.15 Å². The van der Waals surface area contributed by atoms with Gasteiger partial charge in [0.1, 0.15) is 12.3 Å². The largest absolute Gasteiger partial charge is 0.443 e. The first kappa shape index (κ1) is 17.6. The monoisotopic (exact) mass is 389 g/mol. The number of amides is 1. The summed E-state index contributed by atoms with van der Waals surface area (Å²) in [6, 6.07) is 4.28. The average molecular weight is 390 g/mol. The van der Waals surface area contributed by atoms with Crippen molar-refractivity contribution >= 4 is 39.7 Å². The maximum atomic E-state index is 12.7. The molecule has 3 rings (SSSR count). The fourth-order valence-corrected chi connectivity index (χ4v) is 3.28. The number of aromatic nitrogens is 2. The van der Waals surface area contributed by atoms with E-state index in [-0.39, 0.29) is 17.4 Å². The summed E-state index contributed by atoms with van der Waals surface area (Å²) in [7, 11) is 0. The number of halogens is 4. The molecule has 0 radical (unpaired) electrons. The highest BCUT2D eigenvalue weighted by Gasteiger charge is 2.30. The zero-order valence-electron chi connectivity index (χ0n) is 12.7. The molecule has 132 valence electrons. The lowest BCUT2D eigenvalue weighted by atomic mass is 10.2. The number of anilines is 1. The predicted octanol–water partition coefficient (Wildman–Crippen LogP) is 5.13. The topological polar surface area (TPSA) is 55.6 Å². The van der Waals surface area contributed by atoms with E-state index < -0.39 is 17.8 Å². The van der Waals surface area contributed by atoms with Gasteiger partial charge in [0.2, 0.25) is 0 Å². The number of hydrogen-bond donors (Lipinski definition) is 1. The maximum Gasteiger partial charge on any atom is 0.416 e. The van der Waals surface area contributed by atoms with E-state index in [1.807, 2.05) is 13.1 Å². The number of carbonyl (C=O) groups excluding carboxylic acids is 1. The first-order valence-electron chi connectivity index (χ1n) is 6.98. The third-order valence-electron chi connectivity index (χ3n) is 3.27. The summed E-state index contributed by atoms with van der Waals surface area (Å²) in [5.74, 6) is 0. The van der Waals surface area contributed by atoms with Crippen molar-refractivity contribution < 1.29 is 22.7 Å². The van der Waals surface area contributed by atoms with Gasteiger partial charge >= 0.3 is 12.3 Å². The number of imidazole rings is 1. The normalized spacial score (nSPS) is 11.7. The molecule has 10 heteroatoms. The lowest BCUT2D eigenvalue weighted by Crippen LogP contribution is -2.15. The smallest absolute Gasteiger partial charge is 0.416 e. The van der Waals surface area contributed by atoms with Gasteiger partial charge in [-0.1, -0.05) is 17.7 Å². The van der Waals surface area contributed by atoms with Crippen molar-refractivity contribution in [1.29, 1.82) is 0 Å². The standard InChI is InChI=1S/C15H11ClF3N3O2S/c1-8-6-22-11(12(16)21-13(22)25-8)7-24-14(23)20-10-4-2-3-9(5-10)15(17,18)19/h2-6H,7H2,1H3,(H,20,23). The highest BCUT2D eigenvalue weighted by atomic mass is 35.5. The Hall–Kier alpha value is -2.26. The van der Waals surface area contributed by atoms with Crippen molar-refractivity contribution in [2.75, 3.05) is 5.32 Å². The van der Waals surface area contributed by atoms with E-state index in [0.29, 0.717) is 10.7 Å². The van der Waals surface area contributed by atoms with E-state index in [4.69, 9.17) is 16.3 Å². The maximum absolute atomic E-state index is 12.7. The third kappa shape index (κ3) is 3.88. The number of ether oxygens (including phenoxy) is 1. The lowest BCUT2D eigenvalue weighted by molar-refractivity contribution is -0.137. The van der Waals surface area contributed by atoms with Crippen LogP contribution in [0, 0.1) is 6.92 Å². The molecule has 0 aliphatic heterocycles. The number of fused-ring (bicyclic) bond motifs is 1. The molecule has 0 saturated heterocycles. The molecule has 1 amide bonds. The SMILES string of the molecule is Cc1cn2c(COC(=O)Nc3cccc(C(F)(F)F)c3)c(Cl)nc2s1. The number of alkyl halides is 3. The Labute approximate surface area is 149 Å². The molecule has 0 fully saturated rings. The molecule has 0 aliphatic rings. The van der Waals surface area contributed by atoms with Gasteiger partial charge in [-0.3, -0.25) is 9.72 Å². The zero-order valence-corrected chi connectivity index (χ0v) is 14.3. The van der Waals surface area contributed by atoms with Crippen molar-refractivity contribution in [2.24, 2.45) is 0 Å². The number of rotatable bonds is 3. The molecule has 3 aromatic rings. The van der Waals surface area contributed by atoms with Crippen LogP contribution in [0.15, 0.2) is 30.5 Å². The van der Waals surface area contributed by atoms with E-state index in [9.17, 15) is 18.0 Å². The van der Waals surface area contributed by atoms with Gasteiger partial charge in [0.25, 0.3) is 0 Å². The fraction of sp³-hybridized carbons (Fsp3) is 0.200. The summed E-state index contributed by atoms with van der Waals surface area (Å²) in [6.45, 7) is 1.74. The number of nitrogens with zero attached hydrogens (tertiary/aromatic N) is 2. The summed E-state index contributed by atoms with van der Waals surface area (Å²) in [6.07, 6.45) is -3.57. The molecule has 0 saturated carbocycles. The van der Waals surface area contributed by atoms with Crippen LogP contribution in [0.3, 0.4) is 0 Å². The molecule has 25 heavy (non-hydrogen) atoms. The molecule has 0 atom stereocenters. The Morgan fingerprint density at radius 3 is 2.92 bits per heavy atom. The van der Waals surface area contributed by atoms with Crippen molar-refractivity contribution in [2.45, 2.75) is 19.7 Å². The Bertz CT molecular complexity index is 936. The molecule has 5 nitrogen and oxygen atoms in total. The van der Waals surface area contributed by atoms with Crippen LogP contribution in [0.1, 0.15) is 16.1 Å². The van der Waals surface area contributed by atoms with Gasteiger partial charge in [0.05, 0.1) is 5.56 Å². The van der Waals surface area contributed by atoms with Gasteiger partial charge in [-0.05, 0) is 25.1 Å². The summed E-state index contributed by atoms with van der Waals surface area (Å²) in [5.41, 5.74) is -0.393. The molecular formula is C15H11ClF3N3O2S. The van der Waals surface area contributed by atoms with Crippen molar-refractivity contribution in [3.8, 4) is 0 Å². The van der Waals surface area contributed by atoms with Gasteiger partial charge in [-0.15, -0.1) is 11.3 Å². The average Bonchev–Trinajstić information content (AvgIpc) is 2.99. The lowest BCUT2D eigenvalue weighted by Gasteiger charge is -2.10. The van der Waals surface area contributed by atoms with Crippen LogP contribution in [0.5, 0.6) is 0 Å². The Kier molecular flexibility index (Phi) is 4.61. The molecule has 0 unspecified atom stereocenters. The van der Waals surface area contributed by atoms with Crippen LogP contribution in [0.25, 0.3) is 4.96 Å². The minimum atomic E-state index is -4.49. The second-order valence-corrected chi connectivity index (χ2v) is 6.69. The molecule has 2 aromatic heterocycles. The van der Waals surface area contributed by atoms with Gasteiger partial charge in [0.15, 0.2) is 10.1 Å². The number of aryl methyl sites for hydroxylation is 1. The highest BCUT2D eigenvalue weighted by molar-refractivity contribution is 7.17. The summed E-state index contributed by atoms with van der Waals surface area (Å²) >= 11 is 7.45. The van der Waals surface area contributed by atoms with Crippen molar-refractivity contribution in [1.82, 2.24) is 9.38 Å². The fourth-order valence-electron chi connectivity index (χ4n) is 2.16. The molecule has 2 heterocycles. The Morgan fingerprint density at radius 2 is 2.20 bits per heavy atom. The van der Waals surface area contributed by atoms with Crippen LogP contribution < -0.4 is 5.32 Å². The predicted molar refractivity (Wildman–Crippen MR) is 88.1 cm³/mol. The van der Waals surface area contributed by atoms with Gasteiger partial charge in [-0.25, -0.2) is 9.78 Å². The molecule has 0 spiro atoms. The molecular weight excluding hydrogens is 379 g/mol. The Morgan fingerprint density at radius 1 is 1.44 bits per heavy atom. The summed E-state index contributed by atoms with van der Waals surface area (Å²) < 4.78 is 44.8. The van der Waals surface area contributed by atoms with E-state index in [1.165, 1.54) is 23.5 Å². The first-order chi connectivity index (χ1) is 11.7. The van der Waals surface area contributed by atoms with Gasteiger partial charge < -0.3 is 4.74 Å². The third-order valence-corrected chi connectivity index (χ3v) is 4.47. The van der Waals surface area contributed by atoms with Crippen LogP contribution in [-0.4, -0.2) is 15.5 Å². The molecule has 0 bridgehead atoms. The number of benzene rings is 1. The second-order valence-electron chi connectivity index (χ2n) is 5.12. The van der Waals surface area contributed by atoms with Crippen LogP contribution in [-0.2, 0) is 17.5 Å². The van der Waals surface area contributed by atoms with Crippen LogP contribution in [0.4, 0.5) is 23.7 Å². The van der Waals surface area contributed by atoms with E-state index in [2.05, 4.69) is 10.3 Å². The molecule has 1 aromatic carbocycles. The number of hydrogen-bond acceptors (Lipinski definition) is 4. The Balaban J connectivity index is 1.68. The number of nitrogens with one attached hydrogen (secondary N) is 1. The van der Waals surface area contributed by atoms with Gasteiger partial charge in [-0.2, -0.15) is 13.2 Å². The molecule has 1 N–H and O–H groups in total. The van der Waals surface area contributed by atoms with E-state index >= 15 is 0 Å². The molecule has 0 aliphatic carbocycles. The summed E-state index contributed by atoms with van der Waals surface area (Å²) in [5, 5.41) is 2.46. The second kappa shape index (κ2) is 6.57. The van der Waals surface area contributed by atoms with E-state index in [0.717, 1.165) is 17.0 Å². The number of thiazole rings is 1. The first-order valence-corrected chi connectivity index (χ1v) is 8.17. The highest BCUT2D eigenvalue weighted by Crippen LogP contribution is 2.30. The minimum Gasteiger partial charge on any atom is -0.443 e. The number of carbonyl (C=O) groups is 1. The quantitative estimate of drug-likeness (QED) is 0.676. The summed E-state index contributed by atoms with van der Waals surface area (Å²) in [4.78, 5) is 17.7. The minimum absolute atomic E-state index is 0.0178. The van der Waals surface area contributed by atoms with Gasteiger partial charge in [0, 0.05) is 16.8 Å². The van der Waals surface area contributed by atoms with Crippen molar-refractivity contribution in [3.63, 3.8) is 0 Å². The zero-order chi connectivity index (χ0) is 18.2. The van der Waals surface area contributed by atoms with E-state index in [1.54, 1.807) is 4.40 Å². The van der Waals surface area contributed by atoms with Crippen molar-refractivity contribution in [3.05, 3.63) is 51.7 Å². The van der Waals surface area contributed by atoms with Crippen LogP contribution >= 0.6 is 22.9 Å².